The van der Waals surface area contributed by atoms with Gasteiger partial charge < -0.3 is 5.32 Å². The van der Waals surface area contributed by atoms with Crippen LogP contribution in [0.4, 0.5) is 0 Å². The number of rotatable bonds is 6. The van der Waals surface area contributed by atoms with E-state index < -0.39 is 0 Å². The second-order valence-electron chi connectivity index (χ2n) is 5.84. The molecule has 0 bridgehead atoms. The highest BCUT2D eigenvalue weighted by Gasteiger charge is 2.29. The minimum atomic E-state index is -0.204. The molecule has 128 valence electrons. The van der Waals surface area contributed by atoms with Crippen LogP contribution in [0.15, 0.2) is 64.2 Å². The average molecular weight is 400 g/mol. The molecule has 2 N–H and O–H groups in total. The van der Waals surface area contributed by atoms with Crippen molar-refractivity contribution >= 4 is 33.5 Å². The fraction of sp³-hybridized carbons (Fsp3) is 0.211. The zero-order valence-corrected chi connectivity index (χ0v) is 15.1. The molecular weight excluding hydrogens is 382 g/mol. The zero-order valence-electron chi connectivity index (χ0n) is 13.5. The molecule has 0 aromatic heterocycles. The van der Waals surface area contributed by atoms with Gasteiger partial charge in [-0.3, -0.25) is 9.59 Å². The highest BCUT2D eigenvalue weighted by Crippen LogP contribution is 2.28. The fourth-order valence-corrected chi connectivity index (χ4v) is 2.77. The van der Waals surface area contributed by atoms with E-state index in [1.807, 2.05) is 48.5 Å². The molecule has 0 heterocycles. The molecule has 2 amide bonds. The Hall–Kier alpha value is -2.47. The monoisotopic (exact) mass is 399 g/mol. The molecule has 0 atom stereocenters. The van der Waals surface area contributed by atoms with Crippen molar-refractivity contribution in [2.24, 2.45) is 11.0 Å². The number of benzene rings is 2. The normalized spacial score (nSPS) is 14.0. The van der Waals surface area contributed by atoms with Crippen molar-refractivity contribution in [3.8, 4) is 0 Å². The standard InChI is InChI=1S/C19H18BrN3O2/c20-16-9-5-4-8-15(16)19(25)21-12-17(13-6-2-1-3-7-13)22-23-18(24)14-10-11-14/h1-9,14H,10-12H2,(H,21,25)(H,23,24)/b22-17-. The third kappa shape index (κ3) is 4.76. The Morgan fingerprint density at radius 2 is 1.72 bits per heavy atom. The second-order valence-corrected chi connectivity index (χ2v) is 6.69. The van der Waals surface area contributed by atoms with Crippen molar-refractivity contribution in [1.29, 1.82) is 0 Å². The summed E-state index contributed by atoms with van der Waals surface area (Å²) in [7, 11) is 0. The fourth-order valence-electron chi connectivity index (χ4n) is 2.30. The molecule has 0 saturated heterocycles. The molecule has 0 spiro atoms. The highest BCUT2D eigenvalue weighted by molar-refractivity contribution is 9.10. The summed E-state index contributed by atoms with van der Waals surface area (Å²) in [4.78, 5) is 24.2. The van der Waals surface area contributed by atoms with E-state index in [0.717, 1.165) is 22.9 Å². The van der Waals surface area contributed by atoms with Gasteiger partial charge in [-0.15, -0.1) is 0 Å². The maximum Gasteiger partial charge on any atom is 0.252 e. The lowest BCUT2D eigenvalue weighted by atomic mass is 10.1. The largest absolute Gasteiger partial charge is 0.346 e. The number of nitrogens with zero attached hydrogens (tertiary/aromatic N) is 1. The third-order valence-corrected chi connectivity index (χ3v) is 4.58. The van der Waals surface area contributed by atoms with Crippen LogP contribution in [0.1, 0.15) is 28.8 Å². The van der Waals surface area contributed by atoms with E-state index in [1.165, 1.54) is 0 Å². The van der Waals surface area contributed by atoms with Crippen LogP contribution in [0, 0.1) is 5.92 Å². The van der Waals surface area contributed by atoms with Gasteiger partial charge >= 0.3 is 0 Å². The molecule has 1 aliphatic rings. The lowest BCUT2D eigenvalue weighted by Crippen LogP contribution is -2.32. The van der Waals surface area contributed by atoms with Crippen molar-refractivity contribution < 1.29 is 9.59 Å². The summed E-state index contributed by atoms with van der Waals surface area (Å²) >= 11 is 3.37. The zero-order chi connectivity index (χ0) is 17.6. The highest BCUT2D eigenvalue weighted by atomic mass is 79.9. The van der Waals surface area contributed by atoms with Crippen LogP contribution in [-0.4, -0.2) is 24.1 Å². The summed E-state index contributed by atoms with van der Waals surface area (Å²) in [5.74, 6) is -0.189. The number of hydrogen-bond donors (Lipinski definition) is 2. The van der Waals surface area contributed by atoms with Crippen molar-refractivity contribution in [1.82, 2.24) is 10.7 Å². The van der Waals surface area contributed by atoms with E-state index in [0.29, 0.717) is 11.3 Å². The van der Waals surface area contributed by atoms with Crippen molar-refractivity contribution in [2.75, 3.05) is 6.54 Å². The van der Waals surface area contributed by atoms with E-state index in [4.69, 9.17) is 0 Å². The number of hydrazone groups is 1. The van der Waals surface area contributed by atoms with Gasteiger partial charge in [-0.25, -0.2) is 5.43 Å². The molecule has 2 aromatic rings. The Balaban J connectivity index is 1.71. The molecule has 3 rings (SSSR count). The van der Waals surface area contributed by atoms with Crippen LogP contribution in [-0.2, 0) is 4.79 Å². The maximum atomic E-state index is 12.4. The number of nitrogens with one attached hydrogen (secondary N) is 2. The molecule has 2 aromatic carbocycles. The first-order valence-electron chi connectivity index (χ1n) is 8.09. The summed E-state index contributed by atoms with van der Waals surface area (Å²) in [6, 6.07) is 16.7. The average Bonchev–Trinajstić information content (AvgIpc) is 3.47. The number of hydrogen-bond acceptors (Lipinski definition) is 3. The Kier molecular flexibility index (Phi) is 5.60. The minimum absolute atomic E-state index is 0.0643. The van der Waals surface area contributed by atoms with Gasteiger partial charge in [0.15, 0.2) is 0 Å². The Morgan fingerprint density at radius 3 is 2.40 bits per heavy atom. The molecular formula is C19H18BrN3O2. The SMILES string of the molecule is O=C(NC/C(=N/NC(=O)C1CC1)c1ccccc1)c1ccccc1Br. The van der Waals surface area contributed by atoms with Crippen LogP contribution < -0.4 is 10.7 Å². The first kappa shape index (κ1) is 17.4. The van der Waals surface area contributed by atoms with Crippen LogP contribution in [0.3, 0.4) is 0 Å². The summed E-state index contributed by atoms with van der Waals surface area (Å²) in [5.41, 5.74) is 4.62. The van der Waals surface area contributed by atoms with Crippen LogP contribution in [0.2, 0.25) is 0 Å². The number of carbonyl (C=O) groups excluding carboxylic acids is 2. The number of carbonyl (C=O) groups is 2. The van der Waals surface area contributed by atoms with Gasteiger partial charge in [0.05, 0.1) is 17.8 Å². The quantitative estimate of drug-likeness (QED) is 0.578. The second kappa shape index (κ2) is 8.07. The smallest absolute Gasteiger partial charge is 0.252 e. The van der Waals surface area contributed by atoms with E-state index >= 15 is 0 Å². The van der Waals surface area contributed by atoms with E-state index in [1.54, 1.807) is 6.07 Å². The lowest BCUT2D eigenvalue weighted by Gasteiger charge is -2.10. The van der Waals surface area contributed by atoms with Gasteiger partial charge in [-0.1, -0.05) is 42.5 Å². The predicted molar refractivity (Wildman–Crippen MR) is 100 cm³/mol. The summed E-state index contributed by atoms with van der Waals surface area (Å²) in [6.45, 7) is 0.217. The Morgan fingerprint density at radius 1 is 1.04 bits per heavy atom. The summed E-state index contributed by atoms with van der Waals surface area (Å²) in [5, 5.41) is 7.09. The van der Waals surface area contributed by atoms with Gasteiger partial charge in [0, 0.05) is 10.4 Å². The number of amides is 2. The summed E-state index contributed by atoms with van der Waals surface area (Å²) in [6.07, 6.45) is 1.83. The van der Waals surface area contributed by atoms with Crippen molar-refractivity contribution in [3.63, 3.8) is 0 Å². The molecule has 1 fully saturated rings. The third-order valence-electron chi connectivity index (χ3n) is 3.89. The van der Waals surface area contributed by atoms with Crippen LogP contribution in [0.25, 0.3) is 0 Å². The lowest BCUT2D eigenvalue weighted by molar-refractivity contribution is -0.122. The molecule has 1 saturated carbocycles. The van der Waals surface area contributed by atoms with E-state index in [2.05, 4.69) is 31.8 Å². The molecule has 5 nitrogen and oxygen atoms in total. The molecule has 25 heavy (non-hydrogen) atoms. The Labute approximate surface area is 154 Å². The molecule has 0 unspecified atom stereocenters. The molecule has 0 radical (unpaired) electrons. The van der Waals surface area contributed by atoms with Gasteiger partial charge in [0.25, 0.3) is 5.91 Å². The van der Waals surface area contributed by atoms with Gasteiger partial charge in [-0.2, -0.15) is 5.10 Å². The predicted octanol–water partition coefficient (Wildman–Crippen LogP) is 3.11. The topological polar surface area (TPSA) is 70.6 Å². The van der Waals surface area contributed by atoms with Crippen LogP contribution in [0.5, 0.6) is 0 Å². The van der Waals surface area contributed by atoms with E-state index in [9.17, 15) is 9.59 Å². The van der Waals surface area contributed by atoms with Gasteiger partial charge in [0.1, 0.15) is 0 Å². The maximum absolute atomic E-state index is 12.4. The Bertz CT molecular complexity index is 801. The first-order chi connectivity index (χ1) is 12.1. The summed E-state index contributed by atoms with van der Waals surface area (Å²) < 4.78 is 0.729. The van der Waals surface area contributed by atoms with Crippen LogP contribution >= 0.6 is 15.9 Å². The van der Waals surface area contributed by atoms with E-state index in [-0.39, 0.29) is 24.3 Å². The first-order valence-corrected chi connectivity index (χ1v) is 8.89. The number of halogens is 1. The molecule has 1 aliphatic carbocycles. The molecule has 6 heteroatoms. The van der Waals surface area contributed by atoms with Gasteiger partial charge in [-0.05, 0) is 46.5 Å². The van der Waals surface area contributed by atoms with Gasteiger partial charge in [0.2, 0.25) is 5.91 Å². The van der Waals surface area contributed by atoms with Crippen molar-refractivity contribution in [3.05, 3.63) is 70.2 Å². The minimum Gasteiger partial charge on any atom is -0.346 e. The van der Waals surface area contributed by atoms with Crippen molar-refractivity contribution in [2.45, 2.75) is 12.8 Å². The molecule has 0 aliphatic heterocycles.